The van der Waals surface area contributed by atoms with E-state index in [1.54, 1.807) is 0 Å². The highest BCUT2D eigenvalue weighted by Crippen LogP contribution is 2.30. The van der Waals surface area contributed by atoms with Gasteiger partial charge in [-0.25, -0.2) is 9.97 Å². The summed E-state index contributed by atoms with van der Waals surface area (Å²) in [7, 11) is 4.29. The molecule has 2 heterocycles. The van der Waals surface area contributed by atoms with E-state index in [9.17, 15) is 0 Å². The predicted molar refractivity (Wildman–Crippen MR) is 89.2 cm³/mol. The number of likely N-dealkylation sites (N-methyl/N-ethyl adjacent to an activating group) is 1. The highest BCUT2D eigenvalue weighted by atomic mass is 15.3. The third-order valence-corrected chi connectivity index (χ3v) is 4.05. The fourth-order valence-electron chi connectivity index (χ4n) is 3.05. The summed E-state index contributed by atoms with van der Waals surface area (Å²) in [4.78, 5) is 14.2. The van der Waals surface area contributed by atoms with Crippen molar-refractivity contribution >= 4 is 11.6 Å². The lowest BCUT2D eigenvalue weighted by Crippen LogP contribution is -2.38. The molecule has 0 spiro atoms. The molecule has 0 amide bonds. The van der Waals surface area contributed by atoms with Gasteiger partial charge in [-0.15, -0.1) is 0 Å². The van der Waals surface area contributed by atoms with Gasteiger partial charge in [-0.1, -0.05) is 6.92 Å². The normalized spacial score (nSPS) is 18.6. The van der Waals surface area contributed by atoms with Crippen molar-refractivity contribution in [2.24, 2.45) is 0 Å². The average molecular weight is 291 g/mol. The molecule has 1 atom stereocenters. The predicted octanol–water partition coefficient (Wildman–Crippen LogP) is 2.31. The Balaban J connectivity index is 2.34. The van der Waals surface area contributed by atoms with Gasteiger partial charge < -0.3 is 15.1 Å². The van der Waals surface area contributed by atoms with Gasteiger partial charge in [-0.3, -0.25) is 0 Å². The zero-order valence-corrected chi connectivity index (χ0v) is 14.1. The third kappa shape index (κ3) is 3.64. The minimum Gasteiger partial charge on any atom is -0.370 e. The summed E-state index contributed by atoms with van der Waals surface area (Å²) in [6, 6.07) is 0.563. The van der Waals surface area contributed by atoms with Gasteiger partial charge in [0, 0.05) is 37.7 Å². The molecule has 0 aliphatic carbocycles. The number of aromatic nitrogens is 2. The molecule has 1 saturated heterocycles. The van der Waals surface area contributed by atoms with Gasteiger partial charge in [-0.05, 0) is 40.8 Å². The zero-order valence-electron chi connectivity index (χ0n) is 14.1. The molecule has 1 aromatic rings. The van der Waals surface area contributed by atoms with Crippen LogP contribution in [0.25, 0.3) is 0 Å². The van der Waals surface area contributed by atoms with Crippen LogP contribution in [0.15, 0.2) is 0 Å². The molecule has 1 unspecified atom stereocenters. The minimum atomic E-state index is 0.563. The Hall–Kier alpha value is -1.36. The molecule has 2 rings (SSSR count). The van der Waals surface area contributed by atoms with Crippen LogP contribution in [0.4, 0.5) is 11.6 Å². The van der Waals surface area contributed by atoms with Crippen LogP contribution in [0.5, 0.6) is 0 Å². The minimum absolute atomic E-state index is 0.563. The molecule has 21 heavy (non-hydrogen) atoms. The molecule has 5 nitrogen and oxygen atoms in total. The monoisotopic (exact) mass is 291 g/mol. The fourth-order valence-corrected chi connectivity index (χ4v) is 3.05. The molecule has 1 aliphatic rings. The van der Waals surface area contributed by atoms with Gasteiger partial charge in [0.15, 0.2) is 0 Å². The first kappa shape index (κ1) is 16.0. The van der Waals surface area contributed by atoms with Crippen LogP contribution < -0.4 is 10.2 Å². The molecule has 1 N–H and O–H groups in total. The number of nitrogens with zero attached hydrogens (tertiary/aromatic N) is 4. The van der Waals surface area contributed by atoms with Crippen LogP contribution in [0.1, 0.15) is 38.1 Å². The van der Waals surface area contributed by atoms with E-state index in [2.05, 4.69) is 55.0 Å². The van der Waals surface area contributed by atoms with Crippen LogP contribution in [-0.2, 0) is 6.42 Å². The zero-order chi connectivity index (χ0) is 15.4. The van der Waals surface area contributed by atoms with Gasteiger partial charge in [0.2, 0.25) is 0 Å². The SMILES string of the molecule is CCNc1nc(CC)nc(N2CCCC2CN(C)C)c1C. The van der Waals surface area contributed by atoms with E-state index in [1.165, 1.54) is 18.4 Å². The van der Waals surface area contributed by atoms with Crippen molar-refractivity contribution < 1.29 is 0 Å². The lowest BCUT2D eigenvalue weighted by Gasteiger charge is -2.30. The molecule has 1 aromatic heterocycles. The maximum atomic E-state index is 4.83. The Morgan fingerprint density at radius 3 is 2.67 bits per heavy atom. The Labute approximate surface area is 128 Å². The summed E-state index contributed by atoms with van der Waals surface area (Å²) in [5.74, 6) is 3.05. The summed E-state index contributed by atoms with van der Waals surface area (Å²) in [5.41, 5.74) is 1.18. The second-order valence-electron chi connectivity index (χ2n) is 6.07. The Morgan fingerprint density at radius 2 is 2.05 bits per heavy atom. The molecule has 0 radical (unpaired) electrons. The lowest BCUT2D eigenvalue weighted by atomic mass is 10.2. The van der Waals surface area contributed by atoms with E-state index < -0.39 is 0 Å². The van der Waals surface area contributed by atoms with Gasteiger partial charge in [0.25, 0.3) is 0 Å². The summed E-state index contributed by atoms with van der Waals surface area (Å²) in [6.07, 6.45) is 3.37. The first-order valence-corrected chi connectivity index (χ1v) is 8.09. The van der Waals surface area contributed by atoms with E-state index in [0.717, 1.165) is 43.5 Å². The molecular formula is C16H29N5. The maximum absolute atomic E-state index is 4.83. The summed E-state index contributed by atoms with van der Waals surface area (Å²) < 4.78 is 0. The Morgan fingerprint density at radius 1 is 1.29 bits per heavy atom. The van der Waals surface area contributed by atoms with Crippen molar-refractivity contribution in [1.82, 2.24) is 14.9 Å². The lowest BCUT2D eigenvalue weighted by molar-refractivity contribution is 0.371. The molecule has 118 valence electrons. The van der Waals surface area contributed by atoms with Crippen LogP contribution in [-0.4, -0.2) is 54.6 Å². The first-order chi connectivity index (χ1) is 10.1. The molecule has 1 fully saturated rings. The second kappa shape index (κ2) is 7.07. The summed E-state index contributed by atoms with van der Waals surface area (Å²) in [5, 5.41) is 3.38. The van der Waals surface area contributed by atoms with Gasteiger partial charge >= 0.3 is 0 Å². The number of anilines is 2. The number of rotatable bonds is 6. The quantitative estimate of drug-likeness (QED) is 0.871. The van der Waals surface area contributed by atoms with Crippen LogP contribution in [0, 0.1) is 6.92 Å². The van der Waals surface area contributed by atoms with Gasteiger partial charge in [0.05, 0.1) is 0 Å². The highest BCUT2D eigenvalue weighted by molar-refractivity contribution is 5.59. The maximum Gasteiger partial charge on any atom is 0.137 e. The highest BCUT2D eigenvalue weighted by Gasteiger charge is 2.28. The Bertz CT molecular complexity index is 472. The van der Waals surface area contributed by atoms with E-state index in [-0.39, 0.29) is 0 Å². The largest absolute Gasteiger partial charge is 0.370 e. The topological polar surface area (TPSA) is 44.3 Å². The molecule has 5 heteroatoms. The van der Waals surface area contributed by atoms with E-state index in [0.29, 0.717) is 6.04 Å². The fraction of sp³-hybridized carbons (Fsp3) is 0.750. The summed E-state index contributed by atoms with van der Waals surface area (Å²) >= 11 is 0. The number of nitrogens with one attached hydrogen (secondary N) is 1. The Kier molecular flexibility index (Phi) is 5.39. The number of hydrogen-bond acceptors (Lipinski definition) is 5. The molecule has 0 saturated carbocycles. The molecular weight excluding hydrogens is 262 g/mol. The standard InChI is InChI=1S/C16H29N5/c1-6-14-18-15(17-7-2)12(3)16(19-14)21-10-8-9-13(21)11-20(4)5/h13H,6-11H2,1-5H3,(H,17,18,19). The number of aryl methyl sites for hydroxylation is 1. The van der Waals surface area contributed by atoms with Crippen molar-refractivity contribution in [2.45, 2.75) is 46.1 Å². The summed E-state index contributed by atoms with van der Waals surface area (Å²) in [6.45, 7) is 9.44. The van der Waals surface area contributed by atoms with E-state index in [4.69, 9.17) is 4.98 Å². The molecule has 0 aromatic carbocycles. The van der Waals surface area contributed by atoms with Crippen molar-refractivity contribution in [2.75, 3.05) is 43.9 Å². The van der Waals surface area contributed by atoms with Crippen molar-refractivity contribution in [3.8, 4) is 0 Å². The third-order valence-electron chi connectivity index (χ3n) is 4.05. The van der Waals surface area contributed by atoms with Crippen LogP contribution in [0.3, 0.4) is 0 Å². The van der Waals surface area contributed by atoms with E-state index >= 15 is 0 Å². The first-order valence-electron chi connectivity index (χ1n) is 8.09. The molecule has 0 bridgehead atoms. The van der Waals surface area contributed by atoms with Crippen LogP contribution >= 0.6 is 0 Å². The molecule has 1 aliphatic heterocycles. The smallest absolute Gasteiger partial charge is 0.137 e. The average Bonchev–Trinajstić information content (AvgIpc) is 2.88. The van der Waals surface area contributed by atoms with E-state index in [1.807, 2.05) is 0 Å². The van der Waals surface area contributed by atoms with Crippen LogP contribution in [0.2, 0.25) is 0 Å². The van der Waals surface area contributed by atoms with Crippen molar-refractivity contribution in [3.63, 3.8) is 0 Å². The van der Waals surface area contributed by atoms with Crippen molar-refractivity contribution in [1.29, 1.82) is 0 Å². The number of hydrogen-bond donors (Lipinski definition) is 1. The van der Waals surface area contributed by atoms with Crippen molar-refractivity contribution in [3.05, 3.63) is 11.4 Å². The van der Waals surface area contributed by atoms with Gasteiger partial charge in [0.1, 0.15) is 17.5 Å². The second-order valence-corrected chi connectivity index (χ2v) is 6.07. The van der Waals surface area contributed by atoms with Gasteiger partial charge in [-0.2, -0.15) is 0 Å².